The maximum atomic E-state index is 3.80. The number of hydrogen-bond donors (Lipinski definition) is 0. The lowest BCUT2D eigenvalue weighted by Crippen LogP contribution is -3.00. The highest BCUT2D eigenvalue weighted by molar-refractivity contribution is 5.13. The Morgan fingerprint density at radius 2 is 1.77 bits per heavy atom. The van der Waals surface area contributed by atoms with E-state index in [2.05, 4.69) is 44.9 Å². The van der Waals surface area contributed by atoms with Crippen molar-refractivity contribution in [2.45, 2.75) is 6.54 Å². The molecule has 0 aliphatic carbocycles. The highest BCUT2D eigenvalue weighted by atomic mass is 35.5. The molecule has 0 aromatic heterocycles. The van der Waals surface area contributed by atoms with Crippen molar-refractivity contribution in [1.29, 1.82) is 0 Å². The van der Waals surface area contributed by atoms with Crippen LogP contribution in [0.1, 0.15) is 5.56 Å². The largest absolute Gasteiger partial charge is 1.00 e. The molecule has 0 amide bonds. The van der Waals surface area contributed by atoms with Gasteiger partial charge in [-0.05, 0) is 6.58 Å². The van der Waals surface area contributed by atoms with Crippen molar-refractivity contribution in [3.05, 3.63) is 48.7 Å². The monoisotopic (exact) mass is 197 g/mol. The third-order valence-corrected chi connectivity index (χ3v) is 1.93. The van der Waals surface area contributed by atoms with Gasteiger partial charge in [-0.25, -0.2) is 0 Å². The van der Waals surface area contributed by atoms with Crippen molar-refractivity contribution >= 4 is 0 Å². The molecule has 0 fully saturated rings. The van der Waals surface area contributed by atoms with Crippen molar-refractivity contribution in [1.82, 2.24) is 0 Å². The SMILES string of the molecule is C=C[N+](C)(C)Cc1ccccc1.[Cl-]. The average molecular weight is 198 g/mol. The van der Waals surface area contributed by atoms with Crippen molar-refractivity contribution < 1.29 is 16.9 Å². The lowest BCUT2D eigenvalue weighted by Gasteiger charge is -2.24. The van der Waals surface area contributed by atoms with Crippen molar-refractivity contribution in [3.63, 3.8) is 0 Å². The molecule has 0 atom stereocenters. The molecule has 1 aromatic rings. The van der Waals surface area contributed by atoms with Crippen LogP contribution >= 0.6 is 0 Å². The predicted molar refractivity (Wildman–Crippen MR) is 52.5 cm³/mol. The Bertz CT molecular complexity index is 254. The zero-order valence-electron chi connectivity index (χ0n) is 8.20. The minimum atomic E-state index is 0. The molecule has 2 heteroatoms. The smallest absolute Gasteiger partial charge is 0.108 e. The standard InChI is InChI=1S/C11H16N.ClH/c1-4-12(2,3)10-11-8-6-5-7-9-11;/h4-9H,1,10H2,2-3H3;1H/q+1;/p-1. The van der Waals surface area contributed by atoms with Gasteiger partial charge in [0, 0.05) is 5.56 Å². The van der Waals surface area contributed by atoms with Crippen LogP contribution in [-0.2, 0) is 6.54 Å². The molecule has 72 valence electrons. The molecule has 0 heterocycles. The van der Waals surface area contributed by atoms with Gasteiger partial charge in [0.2, 0.25) is 0 Å². The van der Waals surface area contributed by atoms with E-state index < -0.39 is 0 Å². The van der Waals surface area contributed by atoms with Gasteiger partial charge in [0.05, 0.1) is 20.3 Å². The normalized spacial score (nSPS) is 10.3. The first-order chi connectivity index (χ1) is 5.64. The predicted octanol–water partition coefficient (Wildman–Crippen LogP) is -0.589. The Labute approximate surface area is 86.7 Å². The highest BCUT2D eigenvalue weighted by Gasteiger charge is 2.09. The van der Waals surface area contributed by atoms with Gasteiger partial charge >= 0.3 is 0 Å². The van der Waals surface area contributed by atoms with Crippen LogP contribution < -0.4 is 12.4 Å². The van der Waals surface area contributed by atoms with Crippen molar-refractivity contribution in [3.8, 4) is 0 Å². The molecule has 0 radical (unpaired) electrons. The second kappa shape index (κ2) is 5.05. The van der Waals surface area contributed by atoms with Crippen LogP contribution in [0, 0.1) is 0 Å². The van der Waals surface area contributed by atoms with Crippen LogP contribution in [0.2, 0.25) is 0 Å². The molecule has 0 saturated heterocycles. The number of rotatable bonds is 3. The number of hydrogen-bond acceptors (Lipinski definition) is 0. The zero-order chi connectivity index (χ0) is 9.03. The van der Waals surface area contributed by atoms with Gasteiger partial charge in [-0.1, -0.05) is 30.3 Å². The van der Waals surface area contributed by atoms with Gasteiger partial charge in [0.25, 0.3) is 0 Å². The molecule has 0 N–H and O–H groups in total. The molecule has 0 saturated carbocycles. The van der Waals surface area contributed by atoms with E-state index in [0.29, 0.717) is 0 Å². The Hall–Kier alpha value is -0.790. The molecule has 0 bridgehead atoms. The number of nitrogens with zero attached hydrogens (tertiary/aromatic N) is 1. The molecule has 1 aromatic carbocycles. The summed E-state index contributed by atoms with van der Waals surface area (Å²) in [5.41, 5.74) is 1.35. The lowest BCUT2D eigenvalue weighted by molar-refractivity contribution is -0.852. The minimum Gasteiger partial charge on any atom is -1.00 e. The van der Waals surface area contributed by atoms with Gasteiger partial charge in [-0.2, -0.15) is 0 Å². The summed E-state index contributed by atoms with van der Waals surface area (Å²) in [5.74, 6) is 0. The van der Waals surface area contributed by atoms with Crippen LogP contribution in [0.4, 0.5) is 0 Å². The van der Waals surface area contributed by atoms with Gasteiger partial charge < -0.3 is 12.4 Å². The fourth-order valence-electron chi connectivity index (χ4n) is 1.12. The van der Waals surface area contributed by atoms with Gasteiger partial charge in [0.1, 0.15) is 6.54 Å². The number of benzene rings is 1. The molecular weight excluding hydrogens is 182 g/mol. The Morgan fingerprint density at radius 1 is 1.23 bits per heavy atom. The van der Waals surface area contributed by atoms with Gasteiger partial charge in [-0.3, -0.25) is 4.48 Å². The van der Waals surface area contributed by atoms with E-state index in [1.807, 2.05) is 12.3 Å². The van der Waals surface area contributed by atoms with Crippen molar-refractivity contribution in [2.24, 2.45) is 0 Å². The topological polar surface area (TPSA) is 0 Å². The van der Waals surface area contributed by atoms with E-state index in [1.165, 1.54) is 5.56 Å². The first-order valence-corrected chi connectivity index (χ1v) is 4.14. The summed E-state index contributed by atoms with van der Waals surface area (Å²) < 4.78 is 0.823. The lowest BCUT2D eigenvalue weighted by atomic mass is 10.2. The van der Waals surface area contributed by atoms with Crippen LogP contribution in [0.5, 0.6) is 0 Å². The first-order valence-electron chi connectivity index (χ1n) is 4.14. The molecule has 0 aliphatic heterocycles. The molecule has 0 unspecified atom stereocenters. The molecule has 0 spiro atoms. The quantitative estimate of drug-likeness (QED) is 0.569. The van der Waals surface area contributed by atoms with E-state index in [4.69, 9.17) is 0 Å². The summed E-state index contributed by atoms with van der Waals surface area (Å²) in [6, 6.07) is 10.5. The van der Waals surface area contributed by atoms with Crippen LogP contribution in [0.15, 0.2) is 43.1 Å². The molecule has 1 rings (SSSR count). The Balaban J connectivity index is 0.00000144. The maximum absolute atomic E-state index is 3.80. The van der Waals surface area contributed by atoms with E-state index in [1.54, 1.807) is 0 Å². The molecular formula is C11H16ClN. The van der Waals surface area contributed by atoms with Crippen LogP contribution in [-0.4, -0.2) is 18.6 Å². The summed E-state index contributed by atoms with van der Waals surface area (Å²) in [6.45, 7) is 4.81. The van der Waals surface area contributed by atoms with Crippen molar-refractivity contribution in [2.75, 3.05) is 14.1 Å². The summed E-state index contributed by atoms with van der Waals surface area (Å²) in [7, 11) is 4.28. The summed E-state index contributed by atoms with van der Waals surface area (Å²) in [5, 5.41) is 0. The summed E-state index contributed by atoms with van der Waals surface area (Å²) in [6.07, 6.45) is 1.95. The zero-order valence-corrected chi connectivity index (χ0v) is 8.96. The molecule has 13 heavy (non-hydrogen) atoms. The first kappa shape index (κ1) is 12.2. The van der Waals surface area contributed by atoms with Crippen LogP contribution in [0.25, 0.3) is 0 Å². The highest BCUT2D eigenvalue weighted by Crippen LogP contribution is 2.08. The van der Waals surface area contributed by atoms with Gasteiger partial charge in [0.15, 0.2) is 0 Å². The maximum Gasteiger partial charge on any atom is 0.108 e. The number of halogens is 1. The van der Waals surface area contributed by atoms with E-state index in [-0.39, 0.29) is 12.4 Å². The summed E-state index contributed by atoms with van der Waals surface area (Å²) in [4.78, 5) is 0. The molecule has 1 nitrogen and oxygen atoms in total. The Kier molecular flexibility index (Phi) is 4.74. The Morgan fingerprint density at radius 3 is 2.23 bits per heavy atom. The van der Waals surface area contributed by atoms with Gasteiger partial charge in [-0.15, -0.1) is 0 Å². The van der Waals surface area contributed by atoms with E-state index in [0.717, 1.165) is 11.0 Å². The third-order valence-electron chi connectivity index (χ3n) is 1.93. The van der Waals surface area contributed by atoms with Crippen LogP contribution in [0.3, 0.4) is 0 Å². The fraction of sp³-hybridized carbons (Fsp3) is 0.273. The second-order valence-corrected chi connectivity index (χ2v) is 3.60. The number of quaternary nitrogens is 1. The average Bonchev–Trinajstić information content (AvgIpc) is 2.06. The second-order valence-electron chi connectivity index (χ2n) is 3.60. The fourth-order valence-corrected chi connectivity index (χ4v) is 1.12. The summed E-state index contributed by atoms with van der Waals surface area (Å²) >= 11 is 0. The minimum absolute atomic E-state index is 0. The van der Waals surface area contributed by atoms with E-state index >= 15 is 0 Å². The third kappa shape index (κ3) is 4.11. The van der Waals surface area contributed by atoms with E-state index in [9.17, 15) is 0 Å². The molecule has 0 aliphatic rings.